The topological polar surface area (TPSA) is 60.5 Å². The lowest BCUT2D eigenvalue weighted by Gasteiger charge is -2.40. The first kappa shape index (κ1) is 26.9. The molecule has 1 heterocycles. The van der Waals surface area contributed by atoms with Crippen molar-refractivity contribution in [1.82, 2.24) is 9.80 Å². The lowest BCUT2D eigenvalue weighted by molar-refractivity contribution is -0.133. The molecule has 1 fully saturated rings. The molecule has 1 aliphatic carbocycles. The van der Waals surface area contributed by atoms with Crippen LogP contribution in [-0.4, -0.2) is 76.4 Å². The largest absolute Gasteiger partial charge is 0.493 e. The number of nitrogens with zero attached hydrogens (tertiary/aromatic N) is 2. The van der Waals surface area contributed by atoms with E-state index in [4.69, 9.17) is 18.9 Å². The first-order valence-electron chi connectivity index (χ1n) is 13.1. The SMILES string of the molecule is COc1ccc(/C=C/CN(C)[C@@H]2CCC[C@H](N3CCc4cc(OC)c(OC)cc4CC3=O)C2)cc1OC. The molecular weight excluding hydrogens is 468 g/mol. The van der Waals surface area contributed by atoms with Crippen molar-refractivity contribution in [1.29, 1.82) is 0 Å². The van der Waals surface area contributed by atoms with E-state index in [0.717, 1.165) is 73.6 Å². The minimum absolute atomic E-state index is 0.215. The highest BCUT2D eigenvalue weighted by atomic mass is 16.5. The maximum atomic E-state index is 13.3. The summed E-state index contributed by atoms with van der Waals surface area (Å²) in [6, 6.07) is 10.7. The van der Waals surface area contributed by atoms with Crippen molar-refractivity contribution in [2.24, 2.45) is 0 Å². The Morgan fingerprint density at radius 3 is 2.30 bits per heavy atom. The quantitative estimate of drug-likeness (QED) is 0.493. The Labute approximate surface area is 220 Å². The summed E-state index contributed by atoms with van der Waals surface area (Å²) in [5.74, 6) is 3.09. The monoisotopic (exact) mass is 508 g/mol. The number of fused-ring (bicyclic) bond motifs is 1. The van der Waals surface area contributed by atoms with Crippen LogP contribution >= 0.6 is 0 Å². The van der Waals surface area contributed by atoms with E-state index in [0.29, 0.717) is 18.2 Å². The molecule has 0 radical (unpaired) electrons. The maximum absolute atomic E-state index is 13.3. The molecule has 4 rings (SSSR count). The first-order valence-corrected chi connectivity index (χ1v) is 13.1. The van der Waals surface area contributed by atoms with Gasteiger partial charge in [-0.2, -0.15) is 0 Å². The average molecular weight is 509 g/mol. The predicted molar refractivity (Wildman–Crippen MR) is 146 cm³/mol. The lowest BCUT2D eigenvalue weighted by atomic mass is 9.88. The third-order valence-electron chi connectivity index (χ3n) is 7.78. The number of methoxy groups -OCH3 is 4. The molecule has 2 aliphatic rings. The summed E-state index contributed by atoms with van der Waals surface area (Å²) in [4.78, 5) is 17.9. The smallest absolute Gasteiger partial charge is 0.227 e. The summed E-state index contributed by atoms with van der Waals surface area (Å²) in [5.41, 5.74) is 3.31. The molecule has 37 heavy (non-hydrogen) atoms. The molecule has 0 saturated heterocycles. The molecule has 7 nitrogen and oxygen atoms in total. The van der Waals surface area contributed by atoms with Gasteiger partial charge in [0.1, 0.15) is 0 Å². The number of carbonyl (C=O) groups excluding carboxylic acids is 1. The van der Waals surface area contributed by atoms with Crippen LogP contribution in [0, 0.1) is 0 Å². The molecule has 2 aromatic rings. The Kier molecular flexibility index (Phi) is 8.98. The van der Waals surface area contributed by atoms with Crippen LogP contribution in [-0.2, 0) is 17.6 Å². The number of ether oxygens (including phenoxy) is 4. The second-order valence-corrected chi connectivity index (χ2v) is 9.92. The van der Waals surface area contributed by atoms with E-state index in [1.807, 2.05) is 30.3 Å². The van der Waals surface area contributed by atoms with Gasteiger partial charge in [-0.05, 0) is 80.1 Å². The number of likely N-dealkylation sites (N-methyl/N-ethyl adjacent to an activating group) is 1. The molecule has 0 aromatic heterocycles. The van der Waals surface area contributed by atoms with Crippen molar-refractivity contribution >= 4 is 12.0 Å². The number of amides is 1. The second-order valence-electron chi connectivity index (χ2n) is 9.92. The van der Waals surface area contributed by atoms with Gasteiger partial charge in [0.25, 0.3) is 0 Å². The van der Waals surface area contributed by atoms with Crippen LogP contribution in [0.3, 0.4) is 0 Å². The Hall–Kier alpha value is -3.19. The van der Waals surface area contributed by atoms with Crippen LogP contribution in [0.25, 0.3) is 6.08 Å². The molecule has 1 saturated carbocycles. The maximum Gasteiger partial charge on any atom is 0.227 e. The Morgan fingerprint density at radius 1 is 0.919 bits per heavy atom. The van der Waals surface area contributed by atoms with Crippen LogP contribution < -0.4 is 18.9 Å². The zero-order valence-electron chi connectivity index (χ0n) is 22.8. The van der Waals surface area contributed by atoms with Gasteiger partial charge in [0, 0.05) is 25.2 Å². The summed E-state index contributed by atoms with van der Waals surface area (Å²) in [6.45, 7) is 1.60. The van der Waals surface area contributed by atoms with Crippen molar-refractivity contribution in [2.75, 3.05) is 48.6 Å². The molecule has 0 N–H and O–H groups in total. The van der Waals surface area contributed by atoms with E-state index in [1.54, 1.807) is 28.4 Å². The van der Waals surface area contributed by atoms with E-state index < -0.39 is 0 Å². The molecule has 2 aromatic carbocycles. The van der Waals surface area contributed by atoms with Crippen LogP contribution in [0.2, 0.25) is 0 Å². The number of hydrogen-bond donors (Lipinski definition) is 0. The zero-order valence-corrected chi connectivity index (χ0v) is 22.8. The third kappa shape index (κ3) is 6.21. The number of hydrogen-bond acceptors (Lipinski definition) is 6. The van der Waals surface area contributed by atoms with Crippen molar-refractivity contribution in [3.05, 3.63) is 53.1 Å². The number of rotatable bonds is 9. The third-order valence-corrected chi connectivity index (χ3v) is 7.78. The summed E-state index contributed by atoms with van der Waals surface area (Å²) in [5, 5.41) is 0. The minimum Gasteiger partial charge on any atom is -0.493 e. The van der Waals surface area contributed by atoms with Crippen molar-refractivity contribution in [3.8, 4) is 23.0 Å². The Morgan fingerprint density at radius 2 is 1.59 bits per heavy atom. The van der Waals surface area contributed by atoms with E-state index in [-0.39, 0.29) is 11.9 Å². The standard InChI is InChI=1S/C30H40N2O5/c1-31(14-7-8-21-11-12-26(34-2)27(16-21)35-3)24-9-6-10-25(20-24)32-15-13-22-17-28(36-4)29(37-5)18-23(22)19-30(32)33/h7-8,11-12,16-18,24-25H,6,9-10,13-15,19-20H2,1-5H3/b8-7+/t24-,25+/m1/s1. The van der Waals surface area contributed by atoms with E-state index in [9.17, 15) is 4.79 Å². The average Bonchev–Trinajstić information content (AvgIpc) is 3.09. The fraction of sp³-hybridized carbons (Fsp3) is 0.500. The summed E-state index contributed by atoms with van der Waals surface area (Å²) in [6.07, 6.45) is 9.95. The van der Waals surface area contributed by atoms with Crippen molar-refractivity contribution < 1.29 is 23.7 Å². The molecule has 0 unspecified atom stereocenters. The van der Waals surface area contributed by atoms with Crippen LogP contribution in [0.1, 0.15) is 42.4 Å². The summed E-state index contributed by atoms with van der Waals surface area (Å²) in [7, 11) is 8.77. The molecule has 1 aliphatic heterocycles. The van der Waals surface area contributed by atoms with Crippen LogP contribution in [0.4, 0.5) is 0 Å². The van der Waals surface area contributed by atoms with Gasteiger partial charge in [0.15, 0.2) is 23.0 Å². The molecule has 2 atom stereocenters. The normalized spacial score (nSPS) is 20.1. The molecular formula is C30H40N2O5. The summed E-state index contributed by atoms with van der Waals surface area (Å²) < 4.78 is 21.7. The molecule has 200 valence electrons. The Bertz CT molecular complexity index is 1120. The van der Waals surface area contributed by atoms with Gasteiger partial charge >= 0.3 is 0 Å². The first-order chi connectivity index (χ1) is 18.0. The van der Waals surface area contributed by atoms with Gasteiger partial charge in [0.05, 0.1) is 34.9 Å². The molecule has 0 bridgehead atoms. The highest BCUT2D eigenvalue weighted by Crippen LogP contribution is 2.34. The number of carbonyl (C=O) groups is 1. The van der Waals surface area contributed by atoms with Crippen molar-refractivity contribution in [2.45, 2.75) is 50.6 Å². The fourth-order valence-electron chi connectivity index (χ4n) is 5.66. The molecule has 1 amide bonds. The Balaban J connectivity index is 1.37. The lowest BCUT2D eigenvalue weighted by Crippen LogP contribution is -2.48. The van der Waals surface area contributed by atoms with Gasteiger partial charge in [0.2, 0.25) is 5.91 Å². The second kappa shape index (κ2) is 12.4. The van der Waals surface area contributed by atoms with E-state index in [1.165, 1.54) is 5.56 Å². The van der Waals surface area contributed by atoms with Gasteiger partial charge in [-0.25, -0.2) is 0 Å². The predicted octanol–water partition coefficient (Wildman–Crippen LogP) is 4.60. The minimum atomic E-state index is 0.215. The van der Waals surface area contributed by atoms with E-state index in [2.05, 4.69) is 29.0 Å². The highest BCUT2D eigenvalue weighted by Gasteiger charge is 2.33. The van der Waals surface area contributed by atoms with Gasteiger partial charge in [-0.1, -0.05) is 18.2 Å². The van der Waals surface area contributed by atoms with Crippen LogP contribution in [0.15, 0.2) is 36.4 Å². The molecule has 0 spiro atoms. The fourth-order valence-corrected chi connectivity index (χ4v) is 5.66. The summed E-state index contributed by atoms with van der Waals surface area (Å²) >= 11 is 0. The van der Waals surface area contributed by atoms with Gasteiger partial charge < -0.3 is 23.8 Å². The van der Waals surface area contributed by atoms with E-state index >= 15 is 0 Å². The highest BCUT2D eigenvalue weighted by molar-refractivity contribution is 5.80. The van der Waals surface area contributed by atoms with Gasteiger partial charge in [-0.15, -0.1) is 0 Å². The molecule has 7 heteroatoms. The van der Waals surface area contributed by atoms with Gasteiger partial charge in [-0.3, -0.25) is 9.69 Å². The zero-order chi connectivity index (χ0) is 26.4. The van der Waals surface area contributed by atoms with Crippen LogP contribution in [0.5, 0.6) is 23.0 Å². The number of benzene rings is 2. The van der Waals surface area contributed by atoms with Crippen molar-refractivity contribution in [3.63, 3.8) is 0 Å².